The van der Waals surface area contributed by atoms with Crippen LogP contribution in [0, 0.1) is 0 Å². The van der Waals surface area contributed by atoms with Gasteiger partial charge in [0, 0.05) is 6.42 Å². The molecule has 528 valence electrons. The molecule has 2 heterocycles. The number of allylic oxidation sites excluding steroid dienone is 13. The summed E-state index contributed by atoms with van der Waals surface area (Å²) in [6, 6.07) is -0.920. The van der Waals surface area contributed by atoms with Crippen LogP contribution < -0.4 is 5.32 Å². The lowest BCUT2D eigenvalue weighted by Crippen LogP contribution is -2.65. The quantitative estimate of drug-likeness (QED) is 0.0204. The van der Waals surface area contributed by atoms with Gasteiger partial charge in [-0.1, -0.05) is 311 Å². The van der Waals surface area contributed by atoms with Gasteiger partial charge in [0.25, 0.3) is 0 Å². The highest BCUT2D eigenvalue weighted by atomic mass is 16.7. The number of hydrogen-bond donors (Lipinski definition) is 9. The second-order valence-electron chi connectivity index (χ2n) is 26.0. The largest absolute Gasteiger partial charge is 0.394 e. The summed E-state index contributed by atoms with van der Waals surface area (Å²) in [6.07, 6.45) is 67.8. The van der Waals surface area contributed by atoms with Crippen molar-refractivity contribution in [2.24, 2.45) is 0 Å². The van der Waals surface area contributed by atoms with Crippen LogP contribution in [0.2, 0.25) is 0 Å². The van der Waals surface area contributed by atoms with Gasteiger partial charge >= 0.3 is 0 Å². The third-order valence-corrected chi connectivity index (χ3v) is 17.8. The van der Waals surface area contributed by atoms with E-state index in [1.54, 1.807) is 6.08 Å². The molecular weight excluding hydrogens is 1150 g/mol. The van der Waals surface area contributed by atoms with Gasteiger partial charge in [0.15, 0.2) is 12.6 Å². The SMILES string of the molecule is CC/C=C\C/C=C\C/C=C\C/C=C\C/C=C\C/C=C\CCCCCCCCCCCCCCCCC(=O)NC(COC1OC(CO)C(OC2OC(CO)C(O)C(O)C2O)C(O)C1O)C(O)/C=C/CCCCCCCCCCCCCCCCCCCCCCCC. The fourth-order valence-corrected chi connectivity index (χ4v) is 11.9. The van der Waals surface area contributed by atoms with Crippen molar-refractivity contribution in [1.29, 1.82) is 0 Å². The number of aliphatic hydroxyl groups excluding tert-OH is 8. The van der Waals surface area contributed by atoms with E-state index in [0.29, 0.717) is 6.42 Å². The molecule has 2 saturated heterocycles. The van der Waals surface area contributed by atoms with E-state index in [1.165, 1.54) is 199 Å². The van der Waals surface area contributed by atoms with Gasteiger partial charge in [0.2, 0.25) is 5.91 Å². The number of amides is 1. The van der Waals surface area contributed by atoms with Gasteiger partial charge in [-0.05, 0) is 70.6 Å². The van der Waals surface area contributed by atoms with Crippen LogP contribution in [0.3, 0.4) is 0 Å². The van der Waals surface area contributed by atoms with Crippen molar-refractivity contribution in [3.05, 3.63) is 85.1 Å². The first-order chi connectivity index (χ1) is 44.6. The predicted molar refractivity (Wildman–Crippen MR) is 373 cm³/mol. The third kappa shape index (κ3) is 44.5. The monoisotopic (exact) mass is 1280 g/mol. The molecule has 2 fully saturated rings. The molecule has 0 spiro atoms. The Morgan fingerprint density at radius 3 is 1.16 bits per heavy atom. The van der Waals surface area contributed by atoms with Crippen LogP contribution >= 0.6 is 0 Å². The van der Waals surface area contributed by atoms with Gasteiger partial charge in [-0.15, -0.1) is 0 Å². The molecule has 1 amide bonds. The van der Waals surface area contributed by atoms with E-state index in [1.807, 2.05) is 6.08 Å². The second-order valence-corrected chi connectivity index (χ2v) is 26.0. The number of unbranched alkanes of at least 4 members (excludes halogenated alkanes) is 36. The zero-order chi connectivity index (χ0) is 65.9. The standard InChI is InChI=1S/C77H137NO13/c1-3-5-7-9-11-13-15-17-19-21-23-25-27-29-30-31-32-33-34-35-36-37-39-41-43-45-47-49-51-53-55-57-59-61-69(82)78-65(64-88-76-74(87)72(85)75(68(63-80)90-76)91-77-73(86)71(84)70(83)67(62-79)89-77)66(81)60-58-56-54-52-50-48-46-44-42-40-38-28-26-24-22-20-18-16-14-12-10-8-6-4-2/h5,7,11,13,17,19,23,25,29-30,32-33,58,60,65-68,70-77,79-81,83-87H,3-4,6,8-10,12,14-16,18,20-22,24,26-28,31,34-57,59,61-64H2,1-2H3,(H,78,82)/b7-5-,13-11-,19-17-,25-23-,30-29-,33-32-,60-58+. The Labute approximate surface area is 554 Å². The van der Waals surface area contributed by atoms with Crippen LogP contribution in [0.1, 0.15) is 303 Å². The Balaban J connectivity index is 1.65. The molecule has 2 aliphatic rings. The van der Waals surface area contributed by atoms with Gasteiger partial charge < -0.3 is 65.1 Å². The number of carbonyl (C=O) groups excluding carboxylic acids is 1. The Morgan fingerprint density at radius 1 is 0.407 bits per heavy atom. The van der Waals surface area contributed by atoms with E-state index in [9.17, 15) is 45.6 Å². The first kappa shape index (κ1) is 84.3. The number of rotatable bonds is 61. The maximum atomic E-state index is 13.4. The molecule has 0 aromatic heterocycles. The highest BCUT2D eigenvalue weighted by Gasteiger charge is 2.51. The first-order valence-corrected chi connectivity index (χ1v) is 37.3. The Hall–Kier alpha value is -2.83. The number of aliphatic hydroxyl groups is 8. The minimum absolute atomic E-state index is 0.239. The Bertz CT molecular complexity index is 1850. The number of carbonyl (C=O) groups is 1. The van der Waals surface area contributed by atoms with Crippen molar-refractivity contribution >= 4 is 5.91 Å². The smallest absolute Gasteiger partial charge is 0.220 e. The normalized spacial score (nSPS) is 23.3. The summed E-state index contributed by atoms with van der Waals surface area (Å²) in [5, 5.41) is 87.6. The van der Waals surface area contributed by atoms with Crippen molar-refractivity contribution in [3.8, 4) is 0 Å². The molecule has 0 aromatic carbocycles. The minimum atomic E-state index is -1.79. The fourth-order valence-electron chi connectivity index (χ4n) is 11.9. The van der Waals surface area contributed by atoms with Crippen LogP contribution in [0.5, 0.6) is 0 Å². The molecular formula is C77H137NO13. The summed E-state index contributed by atoms with van der Waals surface area (Å²) in [7, 11) is 0. The van der Waals surface area contributed by atoms with Gasteiger partial charge in [-0.3, -0.25) is 4.79 Å². The third-order valence-electron chi connectivity index (χ3n) is 17.8. The summed E-state index contributed by atoms with van der Waals surface area (Å²) in [5.41, 5.74) is 0. The molecule has 2 aliphatic heterocycles. The van der Waals surface area contributed by atoms with Crippen molar-refractivity contribution in [2.75, 3.05) is 19.8 Å². The van der Waals surface area contributed by atoms with Crippen LogP contribution in [0.25, 0.3) is 0 Å². The highest BCUT2D eigenvalue weighted by molar-refractivity contribution is 5.76. The zero-order valence-electron chi connectivity index (χ0n) is 57.6. The van der Waals surface area contributed by atoms with Crippen LogP contribution in [0.15, 0.2) is 85.1 Å². The number of ether oxygens (including phenoxy) is 4. The summed E-state index contributed by atoms with van der Waals surface area (Å²) < 4.78 is 22.9. The van der Waals surface area contributed by atoms with Gasteiger partial charge in [0.1, 0.15) is 48.8 Å². The molecule has 9 N–H and O–H groups in total. The lowest BCUT2D eigenvalue weighted by atomic mass is 9.97. The van der Waals surface area contributed by atoms with Crippen molar-refractivity contribution in [3.63, 3.8) is 0 Å². The molecule has 0 aromatic rings. The molecule has 91 heavy (non-hydrogen) atoms. The molecule has 0 bridgehead atoms. The number of hydrogen-bond acceptors (Lipinski definition) is 13. The average molecular weight is 1280 g/mol. The minimum Gasteiger partial charge on any atom is -0.394 e. The Kier molecular flexibility index (Phi) is 56.3. The second kappa shape index (κ2) is 60.8. The zero-order valence-corrected chi connectivity index (χ0v) is 57.6. The van der Waals surface area contributed by atoms with Crippen LogP contribution in [-0.2, 0) is 23.7 Å². The topological polar surface area (TPSA) is 228 Å². The van der Waals surface area contributed by atoms with E-state index >= 15 is 0 Å². The first-order valence-electron chi connectivity index (χ1n) is 37.3. The van der Waals surface area contributed by atoms with Crippen molar-refractivity contribution in [2.45, 2.75) is 376 Å². The molecule has 12 unspecified atom stereocenters. The molecule has 14 nitrogen and oxygen atoms in total. The maximum absolute atomic E-state index is 13.4. The molecule has 0 saturated carbocycles. The highest BCUT2D eigenvalue weighted by Crippen LogP contribution is 2.30. The summed E-state index contributed by atoms with van der Waals surface area (Å²) >= 11 is 0. The summed E-state index contributed by atoms with van der Waals surface area (Å²) in [6.45, 7) is 2.72. The van der Waals surface area contributed by atoms with E-state index in [-0.39, 0.29) is 18.9 Å². The molecule has 0 radical (unpaired) electrons. The van der Waals surface area contributed by atoms with Crippen LogP contribution in [0.4, 0.5) is 0 Å². The molecule has 0 aliphatic carbocycles. The molecule has 14 heteroatoms. The van der Waals surface area contributed by atoms with E-state index < -0.39 is 86.8 Å². The van der Waals surface area contributed by atoms with E-state index in [0.717, 1.165) is 77.0 Å². The van der Waals surface area contributed by atoms with Crippen molar-refractivity contribution < 1.29 is 64.6 Å². The average Bonchev–Trinajstić information content (AvgIpc) is 1.28. The van der Waals surface area contributed by atoms with Crippen molar-refractivity contribution in [1.82, 2.24) is 5.32 Å². The fraction of sp³-hybridized carbons (Fsp3) is 0.805. The number of nitrogens with one attached hydrogen (secondary N) is 1. The lowest BCUT2D eigenvalue weighted by molar-refractivity contribution is -0.359. The summed E-state index contributed by atoms with van der Waals surface area (Å²) in [5.74, 6) is -0.239. The van der Waals surface area contributed by atoms with Gasteiger partial charge in [0.05, 0.1) is 32.0 Å². The molecule has 2 rings (SSSR count). The Morgan fingerprint density at radius 2 is 0.758 bits per heavy atom. The summed E-state index contributed by atoms with van der Waals surface area (Å²) in [4.78, 5) is 13.4. The van der Waals surface area contributed by atoms with Gasteiger partial charge in [-0.25, -0.2) is 0 Å². The lowest BCUT2D eigenvalue weighted by Gasteiger charge is -2.46. The van der Waals surface area contributed by atoms with E-state index in [2.05, 4.69) is 92.1 Å². The van der Waals surface area contributed by atoms with E-state index in [4.69, 9.17) is 18.9 Å². The molecule has 12 atom stereocenters. The predicted octanol–water partition coefficient (Wildman–Crippen LogP) is 16.0. The maximum Gasteiger partial charge on any atom is 0.220 e. The van der Waals surface area contributed by atoms with Gasteiger partial charge in [-0.2, -0.15) is 0 Å². The van der Waals surface area contributed by atoms with Crippen LogP contribution in [-0.4, -0.2) is 140 Å².